The molecule has 1 aliphatic carbocycles. The Morgan fingerprint density at radius 2 is 1.33 bits per heavy atom. The minimum Gasteiger partial charge on any atom is -0.453 e. The van der Waals surface area contributed by atoms with Crippen molar-refractivity contribution in [2.45, 2.75) is 82.3 Å². The van der Waals surface area contributed by atoms with Gasteiger partial charge in [0.1, 0.15) is 0 Å². The third kappa shape index (κ3) is 9.10. The molecule has 4 atom stereocenters. The number of allylic oxidation sites excluding steroid dienone is 2. The Bertz CT molecular complexity index is 1510. The molecule has 0 amide bonds. The van der Waals surface area contributed by atoms with Crippen LogP contribution in [0.5, 0.6) is 0 Å². The van der Waals surface area contributed by atoms with E-state index >= 15 is 0 Å². The van der Waals surface area contributed by atoms with Gasteiger partial charge in [0.05, 0.1) is 18.8 Å². The lowest BCUT2D eigenvalue weighted by Crippen LogP contribution is -2.47. The number of piperidine rings is 1. The van der Waals surface area contributed by atoms with Crippen LogP contribution < -0.4 is 0 Å². The fourth-order valence-electron chi connectivity index (χ4n) is 7.46. The highest BCUT2D eigenvalue weighted by Gasteiger charge is 2.45. The molecular weight excluding hydrogens is 594 g/mol. The SMILES string of the molecule is O=C(CCC=CCC[C@@H]1[C@@H](N2CCCCC2)[C@H](O)C[C@@H]1OCc1ccc(-c2ccccc2)cc1)OC(c1ccccc1)c1ccccc1. The summed E-state index contributed by atoms with van der Waals surface area (Å²) in [5.74, 6) is 0.0560. The molecule has 0 bridgehead atoms. The third-order valence-corrected chi connectivity index (χ3v) is 9.92. The van der Waals surface area contributed by atoms with Crippen molar-refractivity contribution in [2.75, 3.05) is 13.1 Å². The number of aliphatic hydroxyl groups is 1. The van der Waals surface area contributed by atoms with Gasteiger partial charge in [-0.25, -0.2) is 0 Å². The number of carbonyl (C=O) groups excluding carboxylic acids is 1. The molecule has 1 saturated carbocycles. The van der Waals surface area contributed by atoms with Crippen LogP contribution in [0.15, 0.2) is 127 Å². The summed E-state index contributed by atoms with van der Waals surface area (Å²) in [6.45, 7) is 2.65. The first-order valence-electron chi connectivity index (χ1n) is 17.8. The van der Waals surface area contributed by atoms with Crippen molar-refractivity contribution in [1.82, 2.24) is 4.90 Å². The van der Waals surface area contributed by atoms with Gasteiger partial charge < -0.3 is 14.6 Å². The fraction of sp³-hybridized carbons (Fsp3) is 0.372. The molecule has 0 spiro atoms. The van der Waals surface area contributed by atoms with E-state index in [4.69, 9.17) is 9.47 Å². The van der Waals surface area contributed by atoms with Crippen molar-refractivity contribution in [3.05, 3.63) is 144 Å². The number of hydrogen-bond acceptors (Lipinski definition) is 5. The Kier molecular flexibility index (Phi) is 12.3. The predicted octanol–water partition coefficient (Wildman–Crippen LogP) is 8.92. The van der Waals surface area contributed by atoms with Gasteiger partial charge >= 0.3 is 5.97 Å². The van der Waals surface area contributed by atoms with E-state index in [0.717, 1.165) is 42.6 Å². The van der Waals surface area contributed by atoms with Crippen LogP contribution >= 0.6 is 0 Å². The van der Waals surface area contributed by atoms with Crippen LogP contribution in [0.25, 0.3) is 11.1 Å². The van der Waals surface area contributed by atoms with Gasteiger partial charge in [-0.15, -0.1) is 0 Å². The summed E-state index contributed by atoms with van der Waals surface area (Å²) in [7, 11) is 0. The summed E-state index contributed by atoms with van der Waals surface area (Å²) in [5, 5.41) is 11.3. The summed E-state index contributed by atoms with van der Waals surface area (Å²) in [6.07, 6.45) is 10.7. The quantitative estimate of drug-likeness (QED) is 0.110. The number of hydrogen-bond donors (Lipinski definition) is 1. The molecular formula is C43H49NO4. The molecule has 5 heteroatoms. The van der Waals surface area contributed by atoms with Gasteiger partial charge in [0.2, 0.25) is 0 Å². The largest absolute Gasteiger partial charge is 0.453 e. The molecule has 6 rings (SSSR count). The number of likely N-dealkylation sites (tertiary alicyclic amines) is 1. The molecule has 4 aromatic rings. The average Bonchev–Trinajstić information content (AvgIpc) is 3.47. The van der Waals surface area contributed by atoms with E-state index in [2.05, 4.69) is 65.6 Å². The van der Waals surface area contributed by atoms with Gasteiger partial charge in [0.15, 0.2) is 6.10 Å². The van der Waals surface area contributed by atoms with Crippen LogP contribution in [-0.4, -0.2) is 47.3 Å². The number of ether oxygens (including phenoxy) is 2. The number of esters is 1. The first-order chi connectivity index (χ1) is 23.7. The van der Waals surface area contributed by atoms with E-state index in [9.17, 15) is 9.90 Å². The Hall–Kier alpha value is -4.03. The molecule has 48 heavy (non-hydrogen) atoms. The van der Waals surface area contributed by atoms with E-state index in [-0.39, 0.29) is 30.1 Å². The predicted molar refractivity (Wildman–Crippen MR) is 192 cm³/mol. The maximum absolute atomic E-state index is 12.9. The number of carbonyl (C=O) groups is 1. The van der Waals surface area contributed by atoms with Gasteiger partial charge in [-0.2, -0.15) is 0 Å². The second kappa shape index (κ2) is 17.4. The lowest BCUT2D eigenvalue weighted by molar-refractivity contribution is -0.147. The van der Waals surface area contributed by atoms with Gasteiger partial charge in [-0.3, -0.25) is 9.69 Å². The Morgan fingerprint density at radius 3 is 1.98 bits per heavy atom. The summed E-state index contributed by atoms with van der Waals surface area (Å²) >= 11 is 0. The molecule has 0 unspecified atom stereocenters. The van der Waals surface area contributed by atoms with Gasteiger partial charge in [0, 0.05) is 24.8 Å². The molecule has 1 N–H and O–H groups in total. The Morgan fingerprint density at radius 1 is 0.750 bits per heavy atom. The third-order valence-electron chi connectivity index (χ3n) is 9.92. The zero-order valence-corrected chi connectivity index (χ0v) is 27.9. The minimum absolute atomic E-state index is 0.0111. The summed E-state index contributed by atoms with van der Waals surface area (Å²) < 4.78 is 12.6. The van der Waals surface area contributed by atoms with Crippen LogP contribution in [0.3, 0.4) is 0 Å². The molecule has 4 aromatic carbocycles. The maximum Gasteiger partial charge on any atom is 0.307 e. The van der Waals surface area contributed by atoms with Gasteiger partial charge in [-0.1, -0.05) is 134 Å². The fourth-order valence-corrected chi connectivity index (χ4v) is 7.46. The Balaban J connectivity index is 1.02. The topological polar surface area (TPSA) is 59.0 Å². The molecule has 1 aliphatic heterocycles. The second-order valence-corrected chi connectivity index (χ2v) is 13.2. The standard InChI is InChI=1S/C43H49NO4/c45-39-31-40(47-32-33-25-27-35(28-26-33)34-17-7-3-8-18-34)38(42(39)44-29-15-6-16-30-44)23-13-1-2-14-24-41(46)48-43(36-19-9-4-10-20-36)37-21-11-5-12-22-37/h1-5,7-12,17-22,25-28,38-40,42-43,45H,6,13-16,23-24,29-32H2/t38-,39+,40-,42+/m0/s1. The maximum atomic E-state index is 12.9. The first-order valence-corrected chi connectivity index (χ1v) is 17.8. The molecule has 1 heterocycles. The smallest absolute Gasteiger partial charge is 0.307 e. The lowest BCUT2D eigenvalue weighted by atomic mass is 9.92. The monoisotopic (exact) mass is 643 g/mol. The molecule has 250 valence electrons. The highest BCUT2D eigenvalue weighted by molar-refractivity contribution is 5.70. The number of aliphatic hydroxyl groups excluding tert-OH is 1. The number of rotatable bonds is 14. The average molecular weight is 644 g/mol. The van der Waals surface area contributed by atoms with Crippen molar-refractivity contribution in [2.24, 2.45) is 5.92 Å². The summed E-state index contributed by atoms with van der Waals surface area (Å²) in [4.78, 5) is 15.4. The second-order valence-electron chi connectivity index (χ2n) is 13.2. The minimum atomic E-state index is -0.414. The van der Waals surface area contributed by atoms with Crippen molar-refractivity contribution < 1.29 is 19.4 Å². The van der Waals surface area contributed by atoms with Crippen molar-refractivity contribution in [3.63, 3.8) is 0 Å². The highest BCUT2D eigenvalue weighted by atomic mass is 16.5. The number of nitrogens with zero attached hydrogens (tertiary/aromatic N) is 1. The van der Waals surface area contributed by atoms with Crippen molar-refractivity contribution >= 4 is 5.97 Å². The molecule has 5 nitrogen and oxygen atoms in total. The molecule has 1 saturated heterocycles. The van der Waals surface area contributed by atoms with E-state index in [1.165, 1.54) is 30.4 Å². The zero-order valence-electron chi connectivity index (χ0n) is 27.9. The van der Waals surface area contributed by atoms with Gasteiger partial charge in [-0.05, 0) is 73.0 Å². The van der Waals surface area contributed by atoms with Crippen LogP contribution in [0.2, 0.25) is 0 Å². The highest BCUT2D eigenvalue weighted by Crippen LogP contribution is 2.38. The van der Waals surface area contributed by atoms with Crippen LogP contribution in [0.4, 0.5) is 0 Å². The summed E-state index contributed by atoms with van der Waals surface area (Å²) in [6, 6.07) is 39.0. The summed E-state index contributed by atoms with van der Waals surface area (Å²) in [5.41, 5.74) is 5.50. The zero-order chi connectivity index (χ0) is 33.0. The van der Waals surface area contributed by atoms with E-state index in [0.29, 0.717) is 25.9 Å². The van der Waals surface area contributed by atoms with E-state index in [1.54, 1.807) is 0 Å². The first kappa shape index (κ1) is 33.9. The van der Waals surface area contributed by atoms with Gasteiger partial charge in [0.25, 0.3) is 0 Å². The lowest BCUT2D eigenvalue weighted by Gasteiger charge is -2.38. The molecule has 0 radical (unpaired) electrons. The Labute approximate surface area is 286 Å². The van der Waals surface area contributed by atoms with E-state index < -0.39 is 6.10 Å². The van der Waals surface area contributed by atoms with Crippen LogP contribution in [0, 0.1) is 5.92 Å². The van der Waals surface area contributed by atoms with Crippen LogP contribution in [0.1, 0.15) is 74.2 Å². The normalized spacial score (nSPS) is 21.5. The molecule has 2 aliphatic rings. The molecule has 2 fully saturated rings. The van der Waals surface area contributed by atoms with Crippen molar-refractivity contribution in [1.29, 1.82) is 0 Å². The van der Waals surface area contributed by atoms with Crippen molar-refractivity contribution in [3.8, 4) is 11.1 Å². The van der Waals surface area contributed by atoms with Crippen LogP contribution in [-0.2, 0) is 20.9 Å². The van der Waals surface area contributed by atoms with E-state index in [1.807, 2.05) is 66.7 Å². The molecule has 0 aromatic heterocycles. The number of benzene rings is 4.